The van der Waals surface area contributed by atoms with Crippen LogP contribution in [0.15, 0.2) is 18.2 Å². The second-order valence-corrected chi connectivity index (χ2v) is 4.38. The van der Waals surface area contributed by atoms with Gasteiger partial charge in [0.15, 0.2) is 0 Å². The lowest BCUT2D eigenvalue weighted by Gasteiger charge is -2.06. The minimum absolute atomic E-state index is 0.247. The van der Waals surface area contributed by atoms with Gasteiger partial charge in [0.1, 0.15) is 0 Å². The Bertz CT molecular complexity index is 423. The van der Waals surface area contributed by atoms with Crippen LogP contribution in [0.4, 0.5) is 0 Å². The lowest BCUT2D eigenvalue weighted by atomic mass is 10.2. The first kappa shape index (κ1) is 13.2. The first-order chi connectivity index (χ1) is 7.52. The second kappa shape index (κ2) is 6.03. The smallest absolute Gasteiger partial charge is 0.252 e. The van der Waals surface area contributed by atoms with E-state index in [1.807, 2.05) is 0 Å². The van der Waals surface area contributed by atoms with Crippen molar-refractivity contribution in [1.29, 1.82) is 0 Å². The van der Waals surface area contributed by atoms with Gasteiger partial charge in [-0.3, -0.25) is 4.79 Å². The molecule has 3 nitrogen and oxygen atoms in total. The second-order valence-electron chi connectivity index (χ2n) is 3.07. The molecule has 86 valence electrons. The van der Waals surface area contributed by atoms with Crippen molar-refractivity contribution in [3.63, 3.8) is 0 Å². The summed E-state index contributed by atoms with van der Waals surface area (Å²) < 4.78 is 0. The normalized spacial score (nSPS) is 9.88. The highest BCUT2D eigenvalue weighted by Crippen LogP contribution is 2.25. The Balaban J connectivity index is 2.66. The molecule has 3 N–H and O–H groups in total. The Hall–Kier alpha value is -0.840. The number of hydrogen-bond donors (Lipinski definition) is 2. The van der Waals surface area contributed by atoms with Crippen molar-refractivity contribution in [2.75, 3.05) is 6.54 Å². The van der Waals surface area contributed by atoms with Gasteiger partial charge in [0.2, 0.25) is 0 Å². The maximum Gasteiger partial charge on any atom is 0.252 e. The molecule has 1 rings (SSSR count). The third kappa shape index (κ3) is 3.63. The minimum Gasteiger partial charge on any atom is -0.393 e. The van der Waals surface area contributed by atoms with Crippen LogP contribution in [-0.2, 0) is 0 Å². The van der Waals surface area contributed by atoms with Crippen LogP contribution in [0.2, 0.25) is 10.0 Å². The SMILES string of the molecule is NC(=S)CCNC(=O)c1cccc(Cl)c1Cl. The summed E-state index contributed by atoms with van der Waals surface area (Å²) in [4.78, 5) is 12.0. The molecule has 0 radical (unpaired) electrons. The van der Waals surface area contributed by atoms with E-state index in [1.54, 1.807) is 18.2 Å². The number of nitrogens with one attached hydrogen (secondary N) is 1. The van der Waals surface area contributed by atoms with Crippen molar-refractivity contribution < 1.29 is 4.79 Å². The van der Waals surface area contributed by atoms with Gasteiger partial charge in [-0.05, 0) is 12.1 Å². The maximum absolute atomic E-state index is 11.7. The van der Waals surface area contributed by atoms with E-state index < -0.39 is 0 Å². The summed E-state index contributed by atoms with van der Waals surface area (Å²) in [5.41, 5.74) is 5.65. The molecular weight excluding hydrogens is 267 g/mol. The van der Waals surface area contributed by atoms with E-state index in [-0.39, 0.29) is 10.9 Å². The van der Waals surface area contributed by atoms with Crippen LogP contribution in [0.25, 0.3) is 0 Å². The van der Waals surface area contributed by atoms with E-state index in [1.165, 1.54) is 0 Å². The quantitative estimate of drug-likeness (QED) is 0.831. The van der Waals surface area contributed by atoms with Gasteiger partial charge >= 0.3 is 0 Å². The first-order valence-electron chi connectivity index (χ1n) is 4.53. The van der Waals surface area contributed by atoms with Crippen molar-refractivity contribution in [3.05, 3.63) is 33.8 Å². The van der Waals surface area contributed by atoms with Crippen LogP contribution in [0.5, 0.6) is 0 Å². The number of amides is 1. The number of nitrogens with two attached hydrogens (primary N) is 1. The number of thiocarbonyl (C=S) groups is 1. The molecule has 0 aliphatic heterocycles. The molecule has 0 bridgehead atoms. The third-order valence-corrected chi connectivity index (χ3v) is 2.88. The molecule has 6 heteroatoms. The zero-order valence-electron chi connectivity index (χ0n) is 8.30. The zero-order valence-corrected chi connectivity index (χ0v) is 10.6. The van der Waals surface area contributed by atoms with Crippen LogP contribution >= 0.6 is 35.4 Å². The number of hydrogen-bond acceptors (Lipinski definition) is 2. The Kier molecular flexibility index (Phi) is 4.99. The van der Waals surface area contributed by atoms with E-state index in [2.05, 4.69) is 5.32 Å². The number of benzene rings is 1. The van der Waals surface area contributed by atoms with Gasteiger partial charge in [-0.1, -0.05) is 41.5 Å². The topological polar surface area (TPSA) is 55.1 Å². The number of rotatable bonds is 4. The van der Waals surface area contributed by atoms with E-state index in [9.17, 15) is 4.79 Å². The predicted molar refractivity (Wildman–Crippen MR) is 70.2 cm³/mol. The summed E-state index contributed by atoms with van der Waals surface area (Å²) in [6.07, 6.45) is 0.458. The van der Waals surface area contributed by atoms with E-state index in [0.29, 0.717) is 28.5 Å². The van der Waals surface area contributed by atoms with Crippen molar-refractivity contribution in [2.45, 2.75) is 6.42 Å². The highest BCUT2D eigenvalue weighted by Gasteiger charge is 2.11. The molecule has 0 heterocycles. The van der Waals surface area contributed by atoms with Gasteiger partial charge in [0, 0.05) is 13.0 Å². The first-order valence-corrected chi connectivity index (χ1v) is 5.69. The summed E-state index contributed by atoms with van der Waals surface area (Å²) in [5, 5.41) is 3.25. The average molecular weight is 277 g/mol. The van der Waals surface area contributed by atoms with Crippen molar-refractivity contribution >= 4 is 46.3 Å². The zero-order chi connectivity index (χ0) is 12.1. The molecule has 1 amide bonds. The fourth-order valence-electron chi connectivity index (χ4n) is 1.07. The Morgan fingerprint density at radius 1 is 1.44 bits per heavy atom. The average Bonchev–Trinajstić information content (AvgIpc) is 2.21. The van der Waals surface area contributed by atoms with Gasteiger partial charge in [-0.15, -0.1) is 0 Å². The Labute approximate surface area is 109 Å². The van der Waals surface area contributed by atoms with Crippen LogP contribution in [0.3, 0.4) is 0 Å². The van der Waals surface area contributed by atoms with Crippen LogP contribution in [0.1, 0.15) is 16.8 Å². The summed E-state index contributed by atoms with van der Waals surface area (Å²) in [7, 11) is 0. The molecule has 0 aliphatic rings. The monoisotopic (exact) mass is 276 g/mol. The van der Waals surface area contributed by atoms with Gasteiger partial charge in [-0.2, -0.15) is 0 Å². The third-order valence-electron chi connectivity index (χ3n) is 1.85. The van der Waals surface area contributed by atoms with Crippen LogP contribution in [-0.4, -0.2) is 17.4 Å². The summed E-state index contributed by atoms with van der Waals surface area (Å²) in [6, 6.07) is 4.89. The minimum atomic E-state index is -0.288. The van der Waals surface area contributed by atoms with Gasteiger partial charge < -0.3 is 11.1 Å². The van der Waals surface area contributed by atoms with E-state index in [4.69, 9.17) is 41.2 Å². The maximum atomic E-state index is 11.7. The molecule has 16 heavy (non-hydrogen) atoms. The molecule has 0 fully saturated rings. The predicted octanol–water partition coefficient (Wildman–Crippen LogP) is 2.40. The number of carbonyl (C=O) groups excluding carboxylic acids is 1. The number of halogens is 2. The molecule has 0 atom stereocenters. The van der Waals surface area contributed by atoms with Crippen LogP contribution < -0.4 is 11.1 Å². The molecule has 0 saturated carbocycles. The number of carbonyl (C=O) groups is 1. The summed E-state index contributed by atoms with van der Waals surface area (Å²) in [6.45, 7) is 0.386. The lowest BCUT2D eigenvalue weighted by Crippen LogP contribution is -2.27. The fourth-order valence-corrected chi connectivity index (χ4v) is 1.56. The molecule has 0 unspecified atom stereocenters. The fraction of sp³-hybridized carbons (Fsp3) is 0.200. The Morgan fingerprint density at radius 2 is 2.12 bits per heavy atom. The van der Waals surface area contributed by atoms with Gasteiger partial charge in [-0.25, -0.2) is 0 Å². The van der Waals surface area contributed by atoms with Crippen molar-refractivity contribution in [3.8, 4) is 0 Å². The molecule has 1 aromatic rings. The van der Waals surface area contributed by atoms with Gasteiger partial charge in [0.05, 0.1) is 20.6 Å². The van der Waals surface area contributed by atoms with Crippen LogP contribution in [0, 0.1) is 0 Å². The largest absolute Gasteiger partial charge is 0.393 e. The molecule has 0 aliphatic carbocycles. The summed E-state index contributed by atoms with van der Waals surface area (Å²) >= 11 is 16.4. The standard InChI is InChI=1S/C10H10Cl2N2OS/c11-7-3-1-2-6(9(7)12)10(15)14-5-4-8(13)16/h1-3H,4-5H2,(H2,13,16)(H,14,15). The molecule has 0 spiro atoms. The molecular formula is C10H10Cl2N2OS. The Morgan fingerprint density at radius 3 is 2.75 bits per heavy atom. The molecule has 1 aromatic carbocycles. The van der Waals surface area contributed by atoms with Gasteiger partial charge in [0.25, 0.3) is 5.91 Å². The van der Waals surface area contributed by atoms with Crippen molar-refractivity contribution in [1.82, 2.24) is 5.32 Å². The molecule has 0 saturated heterocycles. The highest BCUT2D eigenvalue weighted by molar-refractivity contribution is 7.80. The lowest BCUT2D eigenvalue weighted by molar-refractivity contribution is 0.0955. The molecule has 0 aromatic heterocycles. The van der Waals surface area contributed by atoms with E-state index >= 15 is 0 Å². The van der Waals surface area contributed by atoms with E-state index in [0.717, 1.165) is 0 Å². The van der Waals surface area contributed by atoms with Crippen molar-refractivity contribution in [2.24, 2.45) is 5.73 Å². The summed E-state index contributed by atoms with van der Waals surface area (Å²) in [5.74, 6) is -0.288. The highest BCUT2D eigenvalue weighted by atomic mass is 35.5.